The molecule has 0 aromatic carbocycles. The van der Waals surface area contributed by atoms with Gasteiger partial charge in [-0.1, -0.05) is 10.4 Å². The third-order valence-corrected chi connectivity index (χ3v) is 7.39. The molecule has 0 spiro atoms. The van der Waals surface area contributed by atoms with Crippen LogP contribution in [-0.2, 0) is 4.79 Å². The summed E-state index contributed by atoms with van der Waals surface area (Å²) in [5, 5.41) is -0.502. The summed E-state index contributed by atoms with van der Waals surface area (Å²) in [5.41, 5.74) is 0. The van der Waals surface area contributed by atoms with Crippen molar-refractivity contribution in [3.63, 3.8) is 0 Å². The van der Waals surface area contributed by atoms with Gasteiger partial charge in [0.2, 0.25) is 0 Å². The second-order valence-corrected chi connectivity index (χ2v) is 8.45. The van der Waals surface area contributed by atoms with Gasteiger partial charge in [0, 0.05) is 0 Å². The molecule has 0 aromatic heterocycles. The van der Waals surface area contributed by atoms with Gasteiger partial charge in [-0.25, -0.2) is 0 Å². The Kier molecular flexibility index (Phi) is 3.12. The fourth-order valence-corrected chi connectivity index (χ4v) is 3.69. The van der Waals surface area contributed by atoms with Crippen molar-refractivity contribution in [2.75, 3.05) is 0 Å². The Morgan fingerprint density at radius 2 is 0.765 bits per heavy atom. The molecule has 1 saturated carbocycles. The van der Waals surface area contributed by atoms with E-state index >= 15 is 0 Å². The minimum atomic E-state index is -0.282. The van der Waals surface area contributed by atoms with E-state index in [1.165, 1.54) is 0 Å². The van der Waals surface area contributed by atoms with Gasteiger partial charge in [-0.2, -0.15) is 0 Å². The lowest BCUT2D eigenvalue weighted by Crippen LogP contribution is -2.64. The number of carbonyl (C=O) groups is 1. The number of ketones is 1. The minimum absolute atomic E-state index is 0.0178. The lowest BCUT2D eigenvalue weighted by Gasteiger charge is -2.70. The first-order chi connectivity index (χ1) is 7.15. The topological polar surface area (TPSA) is 17.1 Å². The van der Waals surface area contributed by atoms with E-state index < -0.39 is 0 Å². The number of Topliss-reactive ketones (excluding diaryl/α,β-unsaturated/α-hetero) is 1. The van der Waals surface area contributed by atoms with E-state index in [2.05, 4.69) is 78.5 Å². The average Bonchev–Trinajstić information content (AvgIpc) is 2.13. The summed E-state index contributed by atoms with van der Waals surface area (Å²) < 4.78 is 0. The van der Waals surface area contributed by atoms with Gasteiger partial charge in [0.1, 0.15) is 37.2 Å². The van der Waals surface area contributed by atoms with Crippen LogP contribution in [0, 0.1) is 0 Å². The van der Waals surface area contributed by atoms with E-state index in [4.69, 9.17) is 0 Å². The van der Waals surface area contributed by atoms with Gasteiger partial charge in [0.25, 0.3) is 0 Å². The Labute approximate surface area is 115 Å². The van der Waals surface area contributed by atoms with Crippen LogP contribution >= 0.6 is 0 Å². The van der Waals surface area contributed by atoms with Crippen molar-refractivity contribution in [3.05, 3.63) is 0 Å². The van der Waals surface area contributed by atoms with Crippen LogP contribution in [0.3, 0.4) is 0 Å². The molecule has 1 rings (SSSR count). The van der Waals surface area contributed by atoms with E-state index in [-0.39, 0.29) is 26.1 Å². The second kappa shape index (κ2) is 3.45. The fraction of sp³-hybridized carbons (Fsp3) is 0.833. The molecule has 0 unspecified atom stereocenters. The maximum Gasteiger partial charge on any atom is 0.112 e. The molecule has 0 atom stereocenters. The van der Waals surface area contributed by atoms with Gasteiger partial charge in [0.05, 0.1) is 47.1 Å². The first kappa shape index (κ1) is 15.4. The zero-order valence-corrected chi connectivity index (χ0v) is 13.4. The fourth-order valence-electron chi connectivity index (χ4n) is 3.69. The third kappa shape index (κ3) is 1.43. The summed E-state index contributed by atoms with van der Waals surface area (Å²) in [7, 11) is 22.1. The molecule has 80 valence electrons. The molecule has 0 amide bonds. The molecule has 17 heavy (non-hydrogen) atoms. The maximum atomic E-state index is 12.9. The molecule has 0 N–H and O–H groups in total. The summed E-state index contributed by atoms with van der Waals surface area (Å²) >= 11 is 0. The summed E-state index contributed by atoms with van der Waals surface area (Å²) in [6.07, 6.45) is 0. The normalized spacial score (nSPS) is 31.6. The minimum Gasteiger partial charge on any atom is -0.302 e. The van der Waals surface area contributed by atoms with Gasteiger partial charge in [-0.15, -0.1) is 5.21 Å². The van der Waals surface area contributed by atoms with Crippen LogP contribution in [0.2, 0.25) is 26.1 Å². The molecule has 0 aliphatic heterocycles. The van der Waals surface area contributed by atoms with Crippen LogP contribution in [0.5, 0.6) is 0 Å². The molecule has 1 aliphatic carbocycles. The smallest absolute Gasteiger partial charge is 0.112 e. The molecule has 1 nitrogen and oxygen atoms in total. The van der Waals surface area contributed by atoms with E-state index in [1.54, 1.807) is 0 Å². The highest BCUT2D eigenvalue weighted by atomic mass is 16.1. The third-order valence-electron chi connectivity index (χ3n) is 7.39. The van der Waals surface area contributed by atoms with Crippen LogP contribution in [0.1, 0.15) is 0 Å². The quantitative estimate of drug-likeness (QED) is 0.368. The van der Waals surface area contributed by atoms with Gasteiger partial charge in [0.15, 0.2) is 0 Å². The standard InChI is InChI=1S/C6H20B10O/c7-2(8)1(17)3(9,10)5(13,14)6(15,16)4(2,11)12/h7-16H2. The maximum absolute atomic E-state index is 12.9. The molecule has 0 bridgehead atoms. The summed E-state index contributed by atoms with van der Waals surface area (Å²) in [6, 6.07) is 0. The Morgan fingerprint density at radius 1 is 0.529 bits per heavy atom. The zero-order valence-electron chi connectivity index (χ0n) is 13.4. The summed E-state index contributed by atoms with van der Waals surface area (Å²) in [6.45, 7) is 0. The highest BCUT2D eigenvalue weighted by Gasteiger charge is 2.66. The highest BCUT2D eigenvalue weighted by molar-refractivity contribution is 6.77. The Hall–Kier alpha value is 0.319. The van der Waals surface area contributed by atoms with E-state index in [1.807, 2.05) is 0 Å². The molecule has 0 heterocycles. The number of hydrogen-bond donors (Lipinski definition) is 0. The predicted octanol–water partition coefficient (Wildman–Crippen LogP) is -8.52. The zero-order chi connectivity index (χ0) is 14.1. The van der Waals surface area contributed by atoms with Gasteiger partial charge < -0.3 is 4.79 Å². The van der Waals surface area contributed by atoms with E-state index in [0.717, 1.165) is 0 Å². The van der Waals surface area contributed by atoms with Gasteiger partial charge in [-0.05, 0) is 10.4 Å². The van der Waals surface area contributed by atoms with Crippen LogP contribution in [0.25, 0.3) is 0 Å². The molecule has 11 heteroatoms. The van der Waals surface area contributed by atoms with Crippen molar-refractivity contribution in [2.45, 2.75) is 26.1 Å². The summed E-state index contributed by atoms with van der Waals surface area (Å²) in [4.78, 5) is 12.9. The summed E-state index contributed by atoms with van der Waals surface area (Å²) in [5.74, 6) is 0.402. The van der Waals surface area contributed by atoms with Crippen molar-refractivity contribution in [1.82, 2.24) is 0 Å². The van der Waals surface area contributed by atoms with E-state index in [9.17, 15) is 4.79 Å². The monoisotopic (exact) mass is 218 g/mol. The van der Waals surface area contributed by atoms with Crippen LogP contribution < -0.4 is 0 Å². The molecule has 0 aromatic rings. The van der Waals surface area contributed by atoms with Gasteiger partial charge in [-0.3, -0.25) is 0 Å². The Morgan fingerprint density at radius 3 is 1.00 bits per heavy atom. The molecule has 0 saturated heterocycles. The number of carbonyl (C=O) groups excluding carboxylic acids is 1. The van der Waals surface area contributed by atoms with Crippen molar-refractivity contribution < 1.29 is 4.79 Å². The van der Waals surface area contributed by atoms with Crippen LogP contribution in [-0.4, -0.2) is 84.2 Å². The molecule has 1 fully saturated rings. The average molecular weight is 216 g/mol. The lowest BCUT2D eigenvalue weighted by molar-refractivity contribution is -0.123. The lowest BCUT2D eigenvalue weighted by atomic mass is 9.01. The van der Waals surface area contributed by atoms with Crippen LogP contribution in [0.4, 0.5) is 0 Å². The first-order valence-corrected chi connectivity index (χ1v) is 6.70. The number of rotatable bonds is 0. The molecular formula is C6H20B10O. The van der Waals surface area contributed by atoms with E-state index in [0.29, 0.717) is 5.78 Å². The number of hydrogen-bond acceptors (Lipinski definition) is 1. The predicted molar refractivity (Wildman–Crippen MR) is 104 cm³/mol. The largest absolute Gasteiger partial charge is 0.302 e. The Bertz CT molecular complexity index is 337. The van der Waals surface area contributed by atoms with Crippen molar-refractivity contribution in [2.24, 2.45) is 0 Å². The highest BCUT2D eigenvalue weighted by Crippen LogP contribution is 2.76. The molecule has 1 aliphatic rings. The SMILES string of the molecule is BC1(B)C(=O)C(B)(B)C(B)(B)C(B)(B)C1(B)B. The van der Waals surface area contributed by atoms with Crippen molar-refractivity contribution >= 4 is 84.2 Å². The molecular weight excluding hydrogens is 196 g/mol. The van der Waals surface area contributed by atoms with Gasteiger partial charge >= 0.3 is 0 Å². The first-order valence-electron chi connectivity index (χ1n) is 6.70. The Balaban J connectivity index is 3.62. The molecule has 0 radical (unpaired) electrons. The second-order valence-electron chi connectivity index (χ2n) is 8.45. The van der Waals surface area contributed by atoms with Crippen LogP contribution in [0.15, 0.2) is 0 Å². The van der Waals surface area contributed by atoms with Crippen molar-refractivity contribution in [3.8, 4) is 0 Å². The van der Waals surface area contributed by atoms with Crippen molar-refractivity contribution in [1.29, 1.82) is 0 Å².